The van der Waals surface area contributed by atoms with Gasteiger partial charge in [0, 0.05) is 6.07 Å². The normalized spacial score (nSPS) is 10.2. The van der Waals surface area contributed by atoms with Gasteiger partial charge in [-0.1, -0.05) is 23.2 Å². The molecule has 1 heterocycles. The Morgan fingerprint density at radius 3 is 2.80 bits per heavy atom. The number of aromatic nitrogens is 1. The number of hydrogen-bond acceptors (Lipinski definition) is 4. The van der Waals surface area contributed by atoms with Crippen molar-refractivity contribution in [1.82, 2.24) is 4.98 Å². The van der Waals surface area contributed by atoms with Crippen molar-refractivity contribution in [3.63, 3.8) is 0 Å². The van der Waals surface area contributed by atoms with E-state index < -0.39 is 5.91 Å². The molecule has 0 radical (unpaired) electrons. The quantitative estimate of drug-likeness (QED) is 0.853. The molecule has 1 aromatic heterocycles. The predicted octanol–water partition coefficient (Wildman–Crippen LogP) is 3.23. The van der Waals surface area contributed by atoms with Crippen LogP contribution in [0.15, 0.2) is 30.5 Å². The van der Waals surface area contributed by atoms with Gasteiger partial charge < -0.3 is 15.8 Å². The van der Waals surface area contributed by atoms with E-state index in [2.05, 4.69) is 10.3 Å². The molecule has 0 saturated heterocycles. The molecule has 0 fully saturated rings. The van der Waals surface area contributed by atoms with Gasteiger partial charge in [-0.2, -0.15) is 0 Å². The Hall–Kier alpha value is -1.98. The standard InChI is InChI=1S/C13H11Cl2N3O2/c1-20-7-2-3-9(14)11(4-7)18-13(19)8-5-12(15)17-6-10(8)16/h2-6H,16H2,1H3,(H,18,19). The fourth-order valence-electron chi connectivity index (χ4n) is 1.55. The minimum atomic E-state index is -0.429. The average Bonchev–Trinajstić information content (AvgIpc) is 2.43. The zero-order chi connectivity index (χ0) is 14.7. The number of carbonyl (C=O) groups excluding carboxylic acids is 1. The number of hydrogen-bond donors (Lipinski definition) is 2. The number of nitrogens with two attached hydrogens (primary N) is 1. The number of anilines is 2. The van der Waals surface area contributed by atoms with Crippen LogP contribution >= 0.6 is 23.2 Å². The lowest BCUT2D eigenvalue weighted by Gasteiger charge is -2.10. The van der Waals surface area contributed by atoms with Gasteiger partial charge in [0.15, 0.2) is 0 Å². The molecule has 2 aromatic rings. The van der Waals surface area contributed by atoms with Gasteiger partial charge in [-0.15, -0.1) is 0 Å². The van der Waals surface area contributed by atoms with Crippen LogP contribution in [0.3, 0.4) is 0 Å². The number of halogens is 2. The van der Waals surface area contributed by atoms with Crippen LogP contribution < -0.4 is 15.8 Å². The third-order valence-electron chi connectivity index (χ3n) is 2.57. The summed E-state index contributed by atoms with van der Waals surface area (Å²) >= 11 is 11.8. The highest BCUT2D eigenvalue weighted by Gasteiger charge is 2.13. The first kappa shape index (κ1) is 14.4. The number of methoxy groups -OCH3 is 1. The van der Waals surface area contributed by atoms with E-state index in [0.717, 1.165) is 0 Å². The van der Waals surface area contributed by atoms with Crippen LogP contribution in [0.25, 0.3) is 0 Å². The van der Waals surface area contributed by atoms with E-state index in [4.69, 9.17) is 33.7 Å². The summed E-state index contributed by atoms with van der Waals surface area (Å²) in [7, 11) is 1.52. The number of rotatable bonds is 3. The molecule has 5 nitrogen and oxygen atoms in total. The number of pyridine rings is 1. The topological polar surface area (TPSA) is 77.2 Å². The second-order valence-corrected chi connectivity index (χ2v) is 4.69. The van der Waals surface area contributed by atoms with E-state index in [1.807, 2.05) is 0 Å². The van der Waals surface area contributed by atoms with Crippen LogP contribution in [0.5, 0.6) is 5.75 Å². The molecule has 2 rings (SSSR count). The van der Waals surface area contributed by atoms with E-state index >= 15 is 0 Å². The van der Waals surface area contributed by atoms with Crippen LogP contribution in [-0.2, 0) is 0 Å². The molecule has 20 heavy (non-hydrogen) atoms. The van der Waals surface area contributed by atoms with Crippen molar-refractivity contribution in [2.24, 2.45) is 0 Å². The number of nitrogens with zero attached hydrogens (tertiary/aromatic N) is 1. The van der Waals surface area contributed by atoms with Crippen molar-refractivity contribution in [1.29, 1.82) is 0 Å². The summed E-state index contributed by atoms with van der Waals surface area (Å²) in [6.45, 7) is 0. The number of nitrogens with one attached hydrogen (secondary N) is 1. The van der Waals surface area contributed by atoms with Crippen LogP contribution in [0.2, 0.25) is 10.2 Å². The Labute approximate surface area is 125 Å². The monoisotopic (exact) mass is 311 g/mol. The lowest BCUT2D eigenvalue weighted by Crippen LogP contribution is -2.14. The van der Waals surface area contributed by atoms with E-state index in [-0.39, 0.29) is 16.4 Å². The number of amides is 1. The molecule has 0 atom stereocenters. The van der Waals surface area contributed by atoms with Gasteiger partial charge in [0.2, 0.25) is 0 Å². The van der Waals surface area contributed by atoms with Gasteiger partial charge in [0.25, 0.3) is 5.91 Å². The predicted molar refractivity (Wildman–Crippen MR) is 79.6 cm³/mol. The molecule has 7 heteroatoms. The highest BCUT2D eigenvalue weighted by atomic mass is 35.5. The summed E-state index contributed by atoms with van der Waals surface area (Å²) in [5.41, 5.74) is 6.57. The van der Waals surface area contributed by atoms with Gasteiger partial charge in [0.1, 0.15) is 10.9 Å². The number of nitrogen functional groups attached to an aromatic ring is 1. The summed E-state index contributed by atoms with van der Waals surface area (Å²) in [5.74, 6) is 0.146. The van der Waals surface area contributed by atoms with Crippen LogP contribution in [0.4, 0.5) is 11.4 Å². The van der Waals surface area contributed by atoms with Gasteiger partial charge in [-0.3, -0.25) is 4.79 Å². The van der Waals surface area contributed by atoms with Gasteiger partial charge in [-0.25, -0.2) is 4.98 Å². The number of carbonyl (C=O) groups is 1. The Morgan fingerprint density at radius 1 is 1.35 bits per heavy atom. The summed E-state index contributed by atoms with van der Waals surface area (Å²) in [6.07, 6.45) is 1.32. The lowest BCUT2D eigenvalue weighted by molar-refractivity contribution is 0.102. The summed E-state index contributed by atoms with van der Waals surface area (Å²) in [6, 6.07) is 6.31. The number of benzene rings is 1. The Morgan fingerprint density at radius 2 is 2.10 bits per heavy atom. The van der Waals surface area contributed by atoms with Crippen molar-refractivity contribution in [3.8, 4) is 5.75 Å². The Balaban J connectivity index is 2.30. The largest absolute Gasteiger partial charge is 0.497 e. The van der Waals surface area contributed by atoms with Crippen LogP contribution in [-0.4, -0.2) is 18.0 Å². The summed E-state index contributed by atoms with van der Waals surface area (Å²) in [4.78, 5) is 16.0. The second kappa shape index (κ2) is 5.98. The lowest BCUT2D eigenvalue weighted by atomic mass is 10.2. The van der Waals surface area contributed by atoms with Crippen molar-refractivity contribution < 1.29 is 9.53 Å². The van der Waals surface area contributed by atoms with E-state index in [1.165, 1.54) is 19.4 Å². The third-order valence-corrected chi connectivity index (χ3v) is 3.10. The maximum absolute atomic E-state index is 12.2. The van der Waals surface area contributed by atoms with E-state index in [1.54, 1.807) is 18.2 Å². The second-order valence-electron chi connectivity index (χ2n) is 3.89. The SMILES string of the molecule is COc1ccc(Cl)c(NC(=O)c2cc(Cl)ncc2N)c1. The van der Waals surface area contributed by atoms with E-state index in [9.17, 15) is 4.79 Å². The molecular formula is C13H11Cl2N3O2. The smallest absolute Gasteiger partial charge is 0.257 e. The average molecular weight is 312 g/mol. The molecule has 0 aliphatic heterocycles. The zero-order valence-electron chi connectivity index (χ0n) is 10.5. The maximum Gasteiger partial charge on any atom is 0.257 e. The van der Waals surface area contributed by atoms with Crippen LogP contribution in [0.1, 0.15) is 10.4 Å². The molecule has 104 valence electrons. The Kier molecular flexibility index (Phi) is 4.32. The fraction of sp³-hybridized carbons (Fsp3) is 0.0769. The highest BCUT2D eigenvalue weighted by Crippen LogP contribution is 2.27. The first-order valence-corrected chi connectivity index (χ1v) is 6.32. The zero-order valence-corrected chi connectivity index (χ0v) is 12.0. The van der Waals surface area contributed by atoms with Crippen molar-refractivity contribution in [2.75, 3.05) is 18.2 Å². The summed E-state index contributed by atoms with van der Waals surface area (Å²) < 4.78 is 5.07. The molecule has 0 unspecified atom stereocenters. The maximum atomic E-state index is 12.2. The number of ether oxygens (including phenoxy) is 1. The van der Waals surface area contributed by atoms with Crippen molar-refractivity contribution in [2.45, 2.75) is 0 Å². The molecular weight excluding hydrogens is 301 g/mol. The molecule has 1 aromatic carbocycles. The third kappa shape index (κ3) is 3.12. The van der Waals surface area contributed by atoms with Gasteiger partial charge in [-0.05, 0) is 18.2 Å². The highest BCUT2D eigenvalue weighted by molar-refractivity contribution is 6.34. The molecule has 0 bridgehead atoms. The molecule has 0 saturated carbocycles. The van der Waals surface area contributed by atoms with Gasteiger partial charge in [0.05, 0.1) is 35.3 Å². The van der Waals surface area contributed by atoms with E-state index in [0.29, 0.717) is 16.5 Å². The molecule has 1 amide bonds. The molecule has 0 spiro atoms. The minimum Gasteiger partial charge on any atom is -0.497 e. The van der Waals surface area contributed by atoms with Gasteiger partial charge >= 0.3 is 0 Å². The minimum absolute atomic E-state index is 0.182. The van der Waals surface area contributed by atoms with Crippen molar-refractivity contribution >= 4 is 40.5 Å². The Bertz CT molecular complexity index is 662. The van der Waals surface area contributed by atoms with Crippen LogP contribution in [0, 0.1) is 0 Å². The molecule has 0 aliphatic rings. The van der Waals surface area contributed by atoms with Crippen molar-refractivity contribution in [3.05, 3.63) is 46.2 Å². The first-order chi connectivity index (χ1) is 9.51. The first-order valence-electron chi connectivity index (χ1n) is 5.57. The molecule has 3 N–H and O–H groups in total. The molecule has 0 aliphatic carbocycles. The fourth-order valence-corrected chi connectivity index (χ4v) is 1.88. The summed E-state index contributed by atoms with van der Waals surface area (Å²) in [5, 5.41) is 3.22.